The van der Waals surface area contributed by atoms with Gasteiger partial charge in [0, 0.05) is 11.1 Å². The molecule has 0 aliphatic rings. The third-order valence-corrected chi connectivity index (χ3v) is 3.06. The molecule has 18 heavy (non-hydrogen) atoms. The fourth-order valence-electron chi connectivity index (χ4n) is 1.93. The van der Waals surface area contributed by atoms with Crippen molar-refractivity contribution in [1.29, 1.82) is 0 Å². The Morgan fingerprint density at radius 3 is 2.78 bits per heavy atom. The molecule has 2 aromatic rings. The molecular weight excluding hydrogens is 230 g/mol. The van der Waals surface area contributed by atoms with E-state index < -0.39 is 11.9 Å². The maximum absolute atomic E-state index is 11.5. The molecule has 1 atom stereocenters. The topological polar surface area (TPSA) is 70.2 Å². The van der Waals surface area contributed by atoms with Crippen molar-refractivity contribution in [2.45, 2.75) is 20.3 Å². The summed E-state index contributed by atoms with van der Waals surface area (Å²) in [5.74, 6) is -1.21. The number of carboxylic acids is 1. The first-order valence-corrected chi connectivity index (χ1v) is 5.83. The van der Waals surface area contributed by atoms with Crippen LogP contribution in [0.4, 0.5) is 0 Å². The van der Waals surface area contributed by atoms with Crippen molar-refractivity contribution in [2.24, 2.45) is 5.92 Å². The molecule has 0 fully saturated rings. The average molecular weight is 245 g/mol. The monoisotopic (exact) mass is 245 g/mol. The number of fused-ring (bicyclic) bond motifs is 1. The molecule has 0 bridgehead atoms. The highest BCUT2D eigenvalue weighted by molar-refractivity contribution is 5.80. The molecule has 0 radical (unpaired) electrons. The normalized spacial score (nSPS) is 12.6. The Bertz CT molecular complexity index is 658. The van der Waals surface area contributed by atoms with Gasteiger partial charge >= 0.3 is 5.97 Å². The Labute approximate surface area is 104 Å². The van der Waals surface area contributed by atoms with Gasteiger partial charge < -0.3 is 10.1 Å². The van der Waals surface area contributed by atoms with Gasteiger partial charge in [0.2, 0.25) is 0 Å². The lowest BCUT2D eigenvalue weighted by Crippen LogP contribution is -2.12. The number of pyridine rings is 1. The van der Waals surface area contributed by atoms with Crippen LogP contribution in [0.15, 0.2) is 29.1 Å². The van der Waals surface area contributed by atoms with E-state index in [1.165, 1.54) is 0 Å². The molecule has 1 heterocycles. The maximum atomic E-state index is 11.5. The van der Waals surface area contributed by atoms with Gasteiger partial charge in [-0.15, -0.1) is 0 Å². The number of rotatable bonds is 3. The van der Waals surface area contributed by atoms with Crippen molar-refractivity contribution in [3.05, 3.63) is 45.7 Å². The van der Waals surface area contributed by atoms with Crippen molar-refractivity contribution in [1.82, 2.24) is 4.98 Å². The van der Waals surface area contributed by atoms with E-state index >= 15 is 0 Å². The van der Waals surface area contributed by atoms with Gasteiger partial charge in [-0.3, -0.25) is 9.59 Å². The molecular formula is C14H15NO3. The highest BCUT2D eigenvalue weighted by atomic mass is 16.4. The number of aryl methyl sites for hydroxylation is 1. The minimum Gasteiger partial charge on any atom is -0.481 e. The number of hydrogen-bond acceptors (Lipinski definition) is 2. The predicted octanol–water partition coefficient (Wildman–Crippen LogP) is 2.10. The molecule has 0 aliphatic carbocycles. The molecule has 2 N–H and O–H groups in total. The smallest absolute Gasteiger partial charge is 0.306 e. The second-order valence-electron chi connectivity index (χ2n) is 4.65. The summed E-state index contributed by atoms with van der Waals surface area (Å²) in [6, 6.07) is 7.42. The van der Waals surface area contributed by atoms with Gasteiger partial charge in [0.15, 0.2) is 0 Å². The Kier molecular flexibility index (Phi) is 3.19. The minimum atomic E-state index is -0.798. The summed E-state index contributed by atoms with van der Waals surface area (Å²) in [5.41, 5.74) is 2.31. The Morgan fingerprint density at radius 1 is 1.39 bits per heavy atom. The molecule has 0 amide bonds. The molecule has 1 unspecified atom stereocenters. The zero-order chi connectivity index (χ0) is 13.3. The van der Waals surface area contributed by atoms with Crippen LogP contribution in [0.25, 0.3) is 10.9 Å². The van der Waals surface area contributed by atoms with Crippen LogP contribution in [0, 0.1) is 12.8 Å². The summed E-state index contributed by atoms with van der Waals surface area (Å²) in [4.78, 5) is 25.1. The van der Waals surface area contributed by atoms with Gasteiger partial charge in [-0.1, -0.05) is 13.0 Å². The maximum Gasteiger partial charge on any atom is 0.306 e. The fraction of sp³-hybridized carbons (Fsp3) is 0.286. The number of hydrogen-bond donors (Lipinski definition) is 2. The van der Waals surface area contributed by atoms with Crippen LogP contribution in [0.2, 0.25) is 0 Å². The molecule has 0 saturated carbocycles. The third-order valence-electron chi connectivity index (χ3n) is 3.06. The first kappa shape index (κ1) is 12.4. The van der Waals surface area contributed by atoms with E-state index in [1.54, 1.807) is 13.8 Å². The Balaban J connectivity index is 2.41. The zero-order valence-electron chi connectivity index (χ0n) is 10.4. The summed E-state index contributed by atoms with van der Waals surface area (Å²) >= 11 is 0. The predicted molar refractivity (Wildman–Crippen MR) is 69.8 cm³/mol. The van der Waals surface area contributed by atoms with Crippen molar-refractivity contribution in [3.63, 3.8) is 0 Å². The third kappa shape index (κ3) is 2.42. The van der Waals surface area contributed by atoms with E-state index in [0.717, 1.165) is 16.5 Å². The molecule has 4 nitrogen and oxygen atoms in total. The van der Waals surface area contributed by atoms with Gasteiger partial charge in [-0.05, 0) is 42.5 Å². The summed E-state index contributed by atoms with van der Waals surface area (Å²) in [6.45, 7) is 3.44. The SMILES string of the molecule is Cc1cc2cc(CC(C)C(=O)O)ccc2[nH]c1=O. The van der Waals surface area contributed by atoms with Crippen molar-refractivity contribution in [3.8, 4) is 0 Å². The van der Waals surface area contributed by atoms with Crippen LogP contribution >= 0.6 is 0 Å². The average Bonchev–Trinajstić information content (AvgIpc) is 2.31. The van der Waals surface area contributed by atoms with Crippen LogP contribution in [0.1, 0.15) is 18.1 Å². The van der Waals surface area contributed by atoms with Gasteiger partial charge in [0.1, 0.15) is 0 Å². The lowest BCUT2D eigenvalue weighted by atomic mass is 9.99. The second-order valence-corrected chi connectivity index (χ2v) is 4.65. The van der Waals surface area contributed by atoms with Crippen molar-refractivity contribution in [2.75, 3.05) is 0 Å². The van der Waals surface area contributed by atoms with Crippen molar-refractivity contribution >= 4 is 16.9 Å². The molecule has 4 heteroatoms. The van der Waals surface area contributed by atoms with E-state index in [2.05, 4.69) is 4.98 Å². The quantitative estimate of drug-likeness (QED) is 0.870. The number of H-pyrrole nitrogens is 1. The standard InChI is InChI=1S/C14H15NO3/c1-8-6-11-7-10(5-9(2)14(17)18)3-4-12(11)15-13(8)16/h3-4,6-7,9H,5H2,1-2H3,(H,15,16)(H,17,18). The van der Waals surface area contributed by atoms with Gasteiger partial charge in [0.25, 0.3) is 5.56 Å². The molecule has 2 rings (SSSR count). The number of benzene rings is 1. The van der Waals surface area contributed by atoms with Gasteiger partial charge in [0.05, 0.1) is 5.92 Å². The Hall–Kier alpha value is -2.10. The summed E-state index contributed by atoms with van der Waals surface area (Å²) < 4.78 is 0. The molecule has 1 aromatic carbocycles. The van der Waals surface area contributed by atoms with Crippen LogP contribution in [0.3, 0.4) is 0 Å². The highest BCUT2D eigenvalue weighted by Crippen LogP contribution is 2.16. The van der Waals surface area contributed by atoms with Crippen LogP contribution < -0.4 is 5.56 Å². The molecule has 1 aromatic heterocycles. The highest BCUT2D eigenvalue weighted by Gasteiger charge is 2.11. The van der Waals surface area contributed by atoms with Crippen LogP contribution in [-0.4, -0.2) is 16.1 Å². The van der Waals surface area contributed by atoms with Gasteiger partial charge in [-0.2, -0.15) is 0 Å². The lowest BCUT2D eigenvalue weighted by Gasteiger charge is -2.07. The first-order chi connectivity index (χ1) is 8.47. The van der Waals surface area contributed by atoms with E-state index in [-0.39, 0.29) is 5.56 Å². The van der Waals surface area contributed by atoms with E-state index in [4.69, 9.17) is 5.11 Å². The first-order valence-electron chi connectivity index (χ1n) is 5.83. The molecule has 0 spiro atoms. The molecule has 0 aliphatic heterocycles. The van der Waals surface area contributed by atoms with Crippen LogP contribution in [0.5, 0.6) is 0 Å². The molecule has 0 saturated heterocycles. The summed E-state index contributed by atoms with van der Waals surface area (Å²) in [6.07, 6.45) is 0.490. The lowest BCUT2D eigenvalue weighted by molar-refractivity contribution is -0.141. The Morgan fingerprint density at radius 2 is 2.11 bits per heavy atom. The summed E-state index contributed by atoms with van der Waals surface area (Å²) in [7, 11) is 0. The molecule has 94 valence electrons. The zero-order valence-corrected chi connectivity index (χ0v) is 10.4. The fourth-order valence-corrected chi connectivity index (χ4v) is 1.93. The largest absolute Gasteiger partial charge is 0.481 e. The number of aliphatic carboxylic acids is 1. The number of carboxylic acid groups (broad SMARTS) is 1. The van der Waals surface area contributed by atoms with E-state index in [0.29, 0.717) is 12.0 Å². The van der Waals surface area contributed by atoms with Gasteiger partial charge in [-0.25, -0.2) is 0 Å². The number of carbonyl (C=O) groups is 1. The number of aromatic amines is 1. The minimum absolute atomic E-state index is 0.0887. The number of nitrogens with one attached hydrogen (secondary N) is 1. The van der Waals surface area contributed by atoms with Crippen LogP contribution in [-0.2, 0) is 11.2 Å². The number of aromatic nitrogens is 1. The van der Waals surface area contributed by atoms with E-state index in [9.17, 15) is 9.59 Å². The van der Waals surface area contributed by atoms with Crippen molar-refractivity contribution < 1.29 is 9.90 Å². The van der Waals surface area contributed by atoms with E-state index in [1.807, 2.05) is 24.3 Å². The second kappa shape index (κ2) is 4.64. The summed E-state index contributed by atoms with van der Waals surface area (Å²) in [5, 5.41) is 9.82.